The highest BCUT2D eigenvalue weighted by Gasteiger charge is 2.20. The van der Waals surface area contributed by atoms with Crippen molar-refractivity contribution in [3.63, 3.8) is 0 Å². The van der Waals surface area contributed by atoms with Crippen LogP contribution in [0.4, 0.5) is 17.5 Å². The Bertz CT molecular complexity index is 668. The zero-order valence-corrected chi connectivity index (χ0v) is 15.1. The number of nitrogens with zero attached hydrogens (tertiary/aromatic N) is 5. The number of rotatable bonds is 6. The molecule has 25 heavy (non-hydrogen) atoms. The molecule has 0 saturated carbocycles. The van der Waals surface area contributed by atoms with Crippen LogP contribution in [0.5, 0.6) is 5.75 Å². The van der Waals surface area contributed by atoms with E-state index < -0.39 is 0 Å². The Morgan fingerprint density at radius 3 is 2.40 bits per heavy atom. The maximum Gasteiger partial charge on any atom is 0.247 e. The molecular weight excluding hydrogens is 316 g/mol. The molecular formula is C18H26N6O. The molecule has 2 heterocycles. The Labute approximate surface area is 149 Å². The molecule has 1 saturated heterocycles. The molecule has 1 aliphatic rings. The van der Waals surface area contributed by atoms with Crippen molar-refractivity contribution in [1.29, 1.82) is 0 Å². The van der Waals surface area contributed by atoms with Gasteiger partial charge in [0.2, 0.25) is 5.95 Å². The van der Waals surface area contributed by atoms with Crippen molar-refractivity contribution in [3.05, 3.63) is 30.5 Å². The molecule has 134 valence electrons. The first-order valence-corrected chi connectivity index (χ1v) is 8.73. The molecule has 0 spiro atoms. The summed E-state index contributed by atoms with van der Waals surface area (Å²) in [6.45, 7) is 8.83. The van der Waals surface area contributed by atoms with E-state index >= 15 is 0 Å². The van der Waals surface area contributed by atoms with Gasteiger partial charge in [-0.1, -0.05) is 13.8 Å². The summed E-state index contributed by atoms with van der Waals surface area (Å²) < 4.78 is 5.22. The minimum absolute atomic E-state index is 0.562. The number of nitrogens with one attached hydrogen (secondary N) is 1. The molecule has 7 heteroatoms. The number of hydrogen-bond donors (Lipinski definition) is 1. The van der Waals surface area contributed by atoms with E-state index in [9.17, 15) is 0 Å². The van der Waals surface area contributed by atoms with Crippen LogP contribution in [0.2, 0.25) is 0 Å². The fraction of sp³-hybridized carbons (Fsp3) is 0.500. The maximum atomic E-state index is 5.22. The fourth-order valence-corrected chi connectivity index (χ4v) is 2.78. The van der Waals surface area contributed by atoms with Crippen LogP contribution in [-0.2, 0) is 0 Å². The van der Waals surface area contributed by atoms with Crippen LogP contribution in [0.15, 0.2) is 30.5 Å². The molecule has 1 aliphatic heterocycles. The van der Waals surface area contributed by atoms with Crippen LogP contribution in [0, 0.1) is 5.92 Å². The average Bonchev–Trinajstić information content (AvgIpc) is 2.67. The minimum Gasteiger partial charge on any atom is -0.497 e. The number of methoxy groups -OCH3 is 1. The van der Waals surface area contributed by atoms with Crippen LogP contribution < -0.4 is 19.9 Å². The van der Waals surface area contributed by atoms with Crippen LogP contribution in [-0.4, -0.2) is 55.0 Å². The lowest BCUT2D eigenvalue weighted by Gasteiger charge is -2.36. The van der Waals surface area contributed by atoms with Crippen LogP contribution >= 0.6 is 0 Å². The number of hydrogen-bond acceptors (Lipinski definition) is 7. The lowest BCUT2D eigenvalue weighted by molar-refractivity contribution is 0.415. The van der Waals surface area contributed by atoms with Crippen molar-refractivity contribution in [1.82, 2.24) is 15.2 Å². The van der Waals surface area contributed by atoms with Gasteiger partial charge in [-0.15, -0.1) is 5.10 Å². The summed E-state index contributed by atoms with van der Waals surface area (Å²) in [5.41, 5.74) is 1.21. The van der Waals surface area contributed by atoms with Crippen molar-refractivity contribution in [2.24, 2.45) is 5.92 Å². The number of benzene rings is 1. The highest BCUT2D eigenvalue weighted by atomic mass is 16.5. The van der Waals surface area contributed by atoms with Gasteiger partial charge in [-0.2, -0.15) is 10.1 Å². The highest BCUT2D eigenvalue weighted by molar-refractivity contribution is 5.51. The van der Waals surface area contributed by atoms with E-state index in [0.717, 1.165) is 44.3 Å². The summed E-state index contributed by atoms with van der Waals surface area (Å²) in [6.07, 6.45) is 1.68. The van der Waals surface area contributed by atoms with E-state index in [2.05, 4.69) is 56.3 Å². The SMILES string of the molecule is COc1ccc(N2CCN(c3nncc(NCC(C)C)n3)CC2)cc1. The summed E-state index contributed by atoms with van der Waals surface area (Å²) in [4.78, 5) is 9.15. The Kier molecular flexibility index (Phi) is 5.53. The van der Waals surface area contributed by atoms with Crippen molar-refractivity contribution < 1.29 is 4.74 Å². The predicted octanol–water partition coefficient (Wildman–Crippen LogP) is 2.27. The van der Waals surface area contributed by atoms with E-state index in [1.54, 1.807) is 13.3 Å². The van der Waals surface area contributed by atoms with E-state index in [1.165, 1.54) is 5.69 Å². The molecule has 0 amide bonds. The number of aromatic nitrogens is 3. The molecule has 3 rings (SSSR count). The van der Waals surface area contributed by atoms with Crippen molar-refractivity contribution in [3.8, 4) is 5.75 Å². The van der Waals surface area contributed by atoms with Gasteiger partial charge in [0.25, 0.3) is 0 Å². The second-order valence-electron chi connectivity index (χ2n) is 6.59. The Balaban J connectivity index is 1.59. The fourth-order valence-electron chi connectivity index (χ4n) is 2.78. The minimum atomic E-state index is 0.562. The number of ether oxygens (including phenoxy) is 1. The van der Waals surface area contributed by atoms with E-state index in [-0.39, 0.29) is 0 Å². The van der Waals surface area contributed by atoms with Gasteiger partial charge in [-0.25, -0.2) is 0 Å². The molecule has 1 fully saturated rings. The highest BCUT2D eigenvalue weighted by Crippen LogP contribution is 2.21. The summed E-state index contributed by atoms with van der Waals surface area (Å²) in [6, 6.07) is 8.20. The van der Waals surface area contributed by atoms with Gasteiger partial charge in [0, 0.05) is 38.4 Å². The third-order valence-electron chi connectivity index (χ3n) is 4.24. The molecule has 1 N–H and O–H groups in total. The molecule has 0 bridgehead atoms. The summed E-state index contributed by atoms with van der Waals surface area (Å²) in [5, 5.41) is 11.6. The summed E-state index contributed by atoms with van der Waals surface area (Å²) in [7, 11) is 1.69. The Hall–Kier alpha value is -2.57. The summed E-state index contributed by atoms with van der Waals surface area (Å²) in [5.74, 6) is 2.93. The van der Waals surface area contributed by atoms with Gasteiger partial charge in [0.15, 0.2) is 5.82 Å². The zero-order valence-electron chi connectivity index (χ0n) is 15.1. The third kappa shape index (κ3) is 4.49. The number of piperazine rings is 1. The van der Waals surface area contributed by atoms with E-state index in [1.807, 2.05) is 12.1 Å². The second kappa shape index (κ2) is 8.00. The molecule has 1 aromatic carbocycles. The Morgan fingerprint density at radius 1 is 1.08 bits per heavy atom. The lowest BCUT2D eigenvalue weighted by Crippen LogP contribution is -2.47. The van der Waals surface area contributed by atoms with Gasteiger partial charge in [-0.05, 0) is 30.2 Å². The van der Waals surface area contributed by atoms with Gasteiger partial charge in [0.1, 0.15) is 5.75 Å². The molecule has 1 aromatic heterocycles. The standard InChI is InChI=1S/C18H26N6O/c1-14(2)12-19-17-13-20-22-18(21-17)24-10-8-23(9-11-24)15-4-6-16(25-3)7-5-15/h4-7,13-14H,8-12H2,1-3H3,(H,19,21,22). The molecule has 7 nitrogen and oxygen atoms in total. The number of anilines is 3. The van der Waals surface area contributed by atoms with Gasteiger partial charge >= 0.3 is 0 Å². The quantitative estimate of drug-likeness (QED) is 0.864. The molecule has 0 atom stereocenters. The first kappa shape index (κ1) is 17.3. The van der Waals surface area contributed by atoms with Crippen LogP contribution in [0.25, 0.3) is 0 Å². The van der Waals surface area contributed by atoms with Crippen molar-refractivity contribution in [2.45, 2.75) is 13.8 Å². The Morgan fingerprint density at radius 2 is 1.76 bits per heavy atom. The van der Waals surface area contributed by atoms with Crippen molar-refractivity contribution >= 4 is 17.5 Å². The maximum absolute atomic E-state index is 5.22. The van der Waals surface area contributed by atoms with Gasteiger partial charge in [-0.3, -0.25) is 0 Å². The van der Waals surface area contributed by atoms with Crippen LogP contribution in [0.3, 0.4) is 0 Å². The van der Waals surface area contributed by atoms with Gasteiger partial charge in [0.05, 0.1) is 13.3 Å². The van der Waals surface area contributed by atoms with E-state index in [0.29, 0.717) is 11.9 Å². The molecule has 0 radical (unpaired) electrons. The monoisotopic (exact) mass is 342 g/mol. The molecule has 0 unspecified atom stereocenters. The topological polar surface area (TPSA) is 66.4 Å². The molecule has 0 aliphatic carbocycles. The largest absolute Gasteiger partial charge is 0.497 e. The smallest absolute Gasteiger partial charge is 0.247 e. The lowest BCUT2D eigenvalue weighted by atomic mass is 10.2. The average molecular weight is 342 g/mol. The van der Waals surface area contributed by atoms with Crippen molar-refractivity contribution in [2.75, 3.05) is 55.0 Å². The van der Waals surface area contributed by atoms with Gasteiger partial charge < -0.3 is 19.9 Å². The first-order chi connectivity index (χ1) is 12.2. The first-order valence-electron chi connectivity index (χ1n) is 8.73. The second-order valence-corrected chi connectivity index (χ2v) is 6.59. The van der Waals surface area contributed by atoms with E-state index in [4.69, 9.17) is 4.74 Å². The molecule has 2 aromatic rings. The predicted molar refractivity (Wildman–Crippen MR) is 101 cm³/mol. The summed E-state index contributed by atoms with van der Waals surface area (Å²) >= 11 is 0. The zero-order chi connectivity index (χ0) is 17.6. The third-order valence-corrected chi connectivity index (χ3v) is 4.24. The van der Waals surface area contributed by atoms with Crippen LogP contribution in [0.1, 0.15) is 13.8 Å². The normalized spacial score (nSPS) is 14.7.